The number of hydrogen-bond acceptors (Lipinski definition) is 3. The first kappa shape index (κ1) is 15.2. The van der Waals surface area contributed by atoms with Crippen LogP contribution in [0.2, 0.25) is 0 Å². The van der Waals surface area contributed by atoms with Crippen LogP contribution < -0.4 is 15.6 Å². The lowest BCUT2D eigenvalue weighted by Gasteiger charge is -2.10. The quantitative estimate of drug-likeness (QED) is 0.487. The average Bonchev–Trinajstić information content (AvgIpc) is 2.61. The van der Waals surface area contributed by atoms with Crippen LogP contribution >= 0.6 is 0 Å². The Morgan fingerprint density at radius 1 is 1.13 bits per heavy atom. The first-order valence-electron chi connectivity index (χ1n) is 7.61. The second-order valence-corrected chi connectivity index (χ2v) is 5.33. The number of amides is 1. The molecule has 0 heterocycles. The molecule has 0 radical (unpaired) electrons. The van der Waals surface area contributed by atoms with Crippen LogP contribution in [0.1, 0.15) is 25.7 Å². The first-order valence-corrected chi connectivity index (χ1v) is 7.61. The van der Waals surface area contributed by atoms with E-state index in [1.54, 1.807) is 18.2 Å². The Labute approximate surface area is 133 Å². The number of nitrogens with zero attached hydrogens (tertiary/aromatic N) is 2. The van der Waals surface area contributed by atoms with Gasteiger partial charge in [-0.15, -0.1) is 5.12 Å². The third-order valence-electron chi connectivity index (χ3n) is 3.67. The monoisotopic (exact) mass is 312 g/mol. The van der Waals surface area contributed by atoms with Crippen LogP contribution in [0, 0.1) is 0 Å². The molecule has 23 heavy (non-hydrogen) atoms. The Morgan fingerprint density at radius 3 is 2.70 bits per heavy atom. The minimum absolute atomic E-state index is 0.0701. The molecule has 0 bridgehead atoms. The molecule has 4 nitrogen and oxygen atoms in total. The van der Waals surface area contributed by atoms with Crippen molar-refractivity contribution in [1.82, 2.24) is 0 Å². The Kier molecular flexibility index (Phi) is 4.66. The van der Waals surface area contributed by atoms with Crippen molar-refractivity contribution in [3.05, 3.63) is 52.6 Å². The molecule has 118 valence electrons. The summed E-state index contributed by atoms with van der Waals surface area (Å²) in [5.74, 6) is -0.324. The zero-order chi connectivity index (χ0) is 16.1. The number of hydrogen-bond donors (Lipinski definition) is 0. The summed E-state index contributed by atoms with van der Waals surface area (Å²) in [5, 5.41) is 5.61. The van der Waals surface area contributed by atoms with Crippen molar-refractivity contribution in [1.29, 1.82) is 0 Å². The van der Waals surface area contributed by atoms with Crippen molar-refractivity contribution in [3.8, 4) is 0 Å². The van der Waals surface area contributed by atoms with Gasteiger partial charge >= 0.3 is 5.91 Å². The SMILES string of the molecule is O=C(/C=N\OC1=CCCC=C1)N(F)c1ccc2c(c1)=CCCC=2. The molecule has 0 N–H and O–H groups in total. The molecule has 0 atom stereocenters. The second kappa shape index (κ2) is 7.05. The van der Waals surface area contributed by atoms with E-state index < -0.39 is 5.91 Å². The largest absolute Gasteiger partial charge is 0.357 e. The fourth-order valence-electron chi connectivity index (χ4n) is 2.49. The van der Waals surface area contributed by atoms with Gasteiger partial charge in [-0.05, 0) is 60.4 Å². The maximum Gasteiger partial charge on any atom is 0.300 e. The summed E-state index contributed by atoms with van der Waals surface area (Å²) < 4.78 is 14.1. The summed E-state index contributed by atoms with van der Waals surface area (Å²) in [5.41, 5.74) is 0.184. The van der Waals surface area contributed by atoms with Gasteiger partial charge in [0.25, 0.3) is 0 Å². The van der Waals surface area contributed by atoms with Crippen molar-refractivity contribution < 1.29 is 14.1 Å². The van der Waals surface area contributed by atoms with Gasteiger partial charge in [0, 0.05) is 0 Å². The molecule has 0 saturated heterocycles. The first-order chi connectivity index (χ1) is 11.2. The van der Waals surface area contributed by atoms with Crippen molar-refractivity contribution in [2.75, 3.05) is 5.12 Å². The predicted octanol–water partition coefficient (Wildman–Crippen LogP) is 2.50. The van der Waals surface area contributed by atoms with Crippen LogP contribution in [0.15, 0.2) is 47.3 Å². The molecule has 1 aromatic rings. The highest BCUT2D eigenvalue weighted by molar-refractivity contribution is 6.31. The Morgan fingerprint density at radius 2 is 1.91 bits per heavy atom. The Bertz CT molecular complexity index is 809. The van der Waals surface area contributed by atoms with E-state index in [2.05, 4.69) is 11.2 Å². The number of rotatable bonds is 4. The highest BCUT2D eigenvalue weighted by Crippen LogP contribution is 2.12. The molecule has 0 spiro atoms. The molecule has 0 saturated carbocycles. The van der Waals surface area contributed by atoms with Crippen LogP contribution in [0.3, 0.4) is 0 Å². The number of oxime groups is 1. The molecule has 2 aliphatic carbocycles. The van der Waals surface area contributed by atoms with E-state index in [-0.39, 0.29) is 10.8 Å². The number of halogens is 1. The fourth-order valence-corrected chi connectivity index (χ4v) is 2.49. The van der Waals surface area contributed by atoms with Gasteiger partial charge in [-0.2, -0.15) is 0 Å². The molecule has 0 aliphatic heterocycles. The molecule has 0 fully saturated rings. The summed E-state index contributed by atoms with van der Waals surface area (Å²) >= 11 is 0. The number of fused-ring (bicyclic) bond motifs is 1. The van der Waals surface area contributed by atoms with E-state index in [0.29, 0.717) is 5.76 Å². The van der Waals surface area contributed by atoms with E-state index in [9.17, 15) is 9.28 Å². The second-order valence-electron chi connectivity index (χ2n) is 5.33. The highest BCUT2D eigenvalue weighted by Gasteiger charge is 2.13. The third-order valence-corrected chi connectivity index (χ3v) is 3.67. The van der Waals surface area contributed by atoms with E-state index >= 15 is 0 Å². The zero-order valence-corrected chi connectivity index (χ0v) is 12.6. The van der Waals surface area contributed by atoms with E-state index in [1.165, 1.54) is 0 Å². The van der Waals surface area contributed by atoms with Gasteiger partial charge in [0.2, 0.25) is 0 Å². The topological polar surface area (TPSA) is 41.9 Å². The van der Waals surface area contributed by atoms with Crippen LogP contribution in [-0.2, 0) is 9.63 Å². The summed E-state index contributed by atoms with van der Waals surface area (Å²) in [7, 11) is 0. The van der Waals surface area contributed by atoms with Crippen LogP contribution in [0.4, 0.5) is 10.2 Å². The Balaban J connectivity index is 1.68. The van der Waals surface area contributed by atoms with Gasteiger partial charge in [0.1, 0.15) is 6.21 Å². The molecule has 2 aliphatic rings. The number of anilines is 1. The molecular formula is C18H17FN2O2. The fraction of sp³-hybridized carbons (Fsp3) is 0.222. The maximum absolute atomic E-state index is 14.1. The summed E-state index contributed by atoms with van der Waals surface area (Å²) in [6.07, 6.45) is 14.3. The van der Waals surface area contributed by atoms with E-state index in [4.69, 9.17) is 4.84 Å². The number of allylic oxidation sites excluding steroid dienone is 3. The molecule has 0 unspecified atom stereocenters. The predicted molar refractivity (Wildman–Crippen MR) is 88.5 cm³/mol. The van der Waals surface area contributed by atoms with Crippen molar-refractivity contribution in [3.63, 3.8) is 0 Å². The molecule has 3 rings (SSSR count). The van der Waals surface area contributed by atoms with Gasteiger partial charge in [0.15, 0.2) is 5.76 Å². The minimum atomic E-state index is -0.884. The molecule has 1 amide bonds. The summed E-state index contributed by atoms with van der Waals surface area (Å²) in [6.45, 7) is 0. The van der Waals surface area contributed by atoms with E-state index in [0.717, 1.165) is 42.3 Å². The summed E-state index contributed by atoms with van der Waals surface area (Å²) in [6, 6.07) is 5.04. The molecular weight excluding hydrogens is 295 g/mol. The molecule has 5 heteroatoms. The third kappa shape index (κ3) is 3.74. The highest BCUT2D eigenvalue weighted by atomic mass is 19.2. The van der Waals surface area contributed by atoms with Gasteiger partial charge in [0.05, 0.1) is 5.69 Å². The van der Waals surface area contributed by atoms with Crippen molar-refractivity contribution >= 4 is 30.0 Å². The smallest absolute Gasteiger partial charge is 0.300 e. The van der Waals surface area contributed by atoms with Crippen LogP contribution in [0.25, 0.3) is 12.2 Å². The Hall–Kier alpha value is -2.69. The lowest BCUT2D eigenvalue weighted by Crippen LogP contribution is -2.30. The number of carbonyl (C=O) groups excluding carboxylic acids is 1. The number of benzene rings is 1. The molecule has 1 aromatic carbocycles. The average molecular weight is 312 g/mol. The standard InChI is InChI=1S/C18H17FN2O2/c19-21(16-11-10-14-6-4-5-7-15(14)12-16)18(22)13-20-23-17-8-2-1-3-9-17/h2,6-13H,1,3-5H2/b20-13-. The normalized spacial score (nSPS) is 16.1. The summed E-state index contributed by atoms with van der Waals surface area (Å²) in [4.78, 5) is 16.9. The lowest BCUT2D eigenvalue weighted by atomic mass is 10.1. The van der Waals surface area contributed by atoms with E-state index in [1.807, 2.05) is 24.3 Å². The van der Waals surface area contributed by atoms with Crippen molar-refractivity contribution in [2.45, 2.75) is 25.7 Å². The van der Waals surface area contributed by atoms with Gasteiger partial charge < -0.3 is 4.84 Å². The van der Waals surface area contributed by atoms with Gasteiger partial charge in [-0.3, -0.25) is 4.79 Å². The van der Waals surface area contributed by atoms with Gasteiger partial charge in [-0.1, -0.05) is 33.9 Å². The maximum atomic E-state index is 14.1. The van der Waals surface area contributed by atoms with Crippen LogP contribution in [0.5, 0.6) is 0 Å². The van der Waals surface area contributed by atoms with Crippen LogP contribution in [-0.4, -0.2) is 12.1 Å². The minimum Gasteiger partial charge on any atom is -0.357 e. The van der Waals surface area contributed by atoms with Crippen molar-refractivity contribution in [2.24, 2.45) is 5.16 Å². The molecule has 0 aromatic heterocycles. The zero-order valence-electron chi connectivity index (χ0n) is 12.6. The van der Waals surface area contributed by atoms with Gasteiger partial charge in [-0.25, -0.2) is 0 Å². The lowest BCUT2D eigenvalue weighted by molar-refractivity contribution is -0.114. The number of carbonyl (C=O) groups is 1.